The highest BCUT2D eigenvalue weighted by Gasteiger charge is 2.26. The van der Waals surface area contributed by atoms with Gasteiger partial charge in [-0.2, -0.15) is 20.7 Å². The maximum Gasteiger partial charge on any atom is 0.260 e. The monoisotopic (exact) mass is 328 g/mol. The van der Waals surface area contributed by atoms with E-state index in [1.165, 1.54) is 4.31 Å². The van der Waals surface area contributed by atoms with E-state index in [1.54, 1.807) is 24.6 Å². The Balaban J connectivity index is 2.17. The Bertz CT molecular complexity index is 662. The summed E-state index contributed by atoms with van der Waals surface area (Å²) in [6.07, 6.45) is 1.56. The highest BCUT2D eigenvalue weighted by Crippen LogP contribution is 2.19. The minimum atomic E-state index is -3.57. The Kier molecular flexibility index (Phi) is 5.15. The molecule has 21 heavy (non-hydrogen) atoms. The molecule has 0 spiro atoms. The van der Waals surface area contributed by atoms with Crippen LogP contribution in [0.15, 0.2) is 28.0 Å². The van der Waals surface area contributed by atoms with Gasteiger partial charge in [0, 0.05) is 31.7 Å². The van der Waals surface area contributed by atoms with Gasteiger partial charge in [0.2, 0.25) is 0 Å². The number of nitrogens with one attached hydrogen (secondary N) is 2. The summed E-state index contributed by atoms with van der Waals surface area (Å²) in [5.74, 6) is 0. The molecule has 0 fully saturated rings. The third-order valence-electron chi connectivity index (χ3n) is 3.03. The molecule has 2 rings (SSSR count). The molecule has 2 N–H and O–H groups in total. The lowest BCUT2D eigenvalue weighted by molar-refractivity contribution is 0.462. The summed E-state index contributed by atoms with van der Waals surface area (Å²) in [5.41, 5.74) is 1.63. The fraction of sp³-hybridized carbons (Fsp3) is 0.462. The fourth-order valence-electron chi connectivity index (χ4n) is 1.84. The second-order valence-electron chi connectivity index (χ2n) is 5.15. The molecule has 0 aromatic carbocycles. The van der Waals surface area contributed by atoms with E-state index in [4.69, 9.17) is 0 Å². The molecule has 0 bridgehead atoms. The molecule has 0 saturated heterocycles. The molecule has 0 radical (unpaired) electrons. The van der Waals surface area contributed by atoms with Crippen molar-refractivity contribution < 1.29 is 8.42 Å². The minimum absolute atomic E-state index is 0.161. The zero-order valence-corrected chi connectivity index (χ0v) is 14.0. The first-order valence-corrected chi connectivity index (χ1v) is 9.02. The number of aromatic amines is 1. The van der Waals surface area contributed by atoms with Crippen molar-refractivity contribution in [2.24, 2.45) is 0 Å². The highest BCUT2D eigenvalue weighted by atomic mass is 32.2. The van der Waals surface area contributed by atoms with Crippen molar-refractivity contribution in [3.8, 4) is 0 Å². The number of hydrogen-bond acceptors (Lipinski definition) is 5. The Morgan fingerprint density at radius 1 is 1.48 bits per heavy atom. The summed E-state index contributed by atoms with van der Waals surface area (Å²) < 4.78 is 26.6. The number of sulfonamides is 1. The minimum Gasteiger partial charge on any atom is -0.310 e. The largest absolute Gasteiger partial charge is 0.310 e. The van der Waals surface area contributed by atoms with E-state index in [2.05, 4.69) is 15.5 Å². The Hall–Kier alpha value is -1.22. The first kappa shape index (κ1) is 16.2. The van der Waals surface area contributed by atoms with Gasteiger partial charge in [-0.25, -0.2) is 8.42 Å². The third-order valence-corrected chi connectivity index (χ3v) is 5.58. The van der Waals surface area contributed by atoms with Crippen LogP contribution < -0.4 is 5.32 Å². The Labute approximate surface area is 129 Å². The van der Waals surface area contributed by atoms with Gasteiger partial charge in [0.15, 0.2) is 5.03 Å². The van der Waals surface area contributed by atoms with Gasteiger partial charge in [-0.1, -0.05) is 13.8 Å². The fourth-order valence-corrected chi connectivity index (χ4v) is 3.76. The Morgan fingerprint density at radius 2 is 2.24 bits per heavy atom. The van der Waals surface area contributed by atoms with Crippen molar-refractivity contribution in [3.05, 3.63) is 34.2 Å². The van der Waals surface area contributed by atoms with Crippen molar-refractivity contribution in [2.75, 3.05) is 7.05 Å². The molecule has 8 heteroatoms. The molecule has 0 aliphatic carbocycles. The molecular weight excluding hydrogens is 308 g/mol. The lowest BCUT2D eigenvalue weighted by atomic mass is 10.3. The summed E-state index contributed by atoms with van der Waals surface area (Å²) in [5, 5.41) is 13.7. The highest BCUT2D eigenvalue weighted by molar-refractivity contribution is 7.89. The van der Waals surface area contributed by atoms with Gasteiger partial charge in [-0.15, -0.1) is 0 Å². The number of H-pyrrole nitrogens is 1. The van der Waals surface area contributed by atoms with Crippen LogP contribution in [0.3, 0.4) is 0 Å². The summed E-state index contributed by atoms with van der Waals surface area (Å²) in [6, 6.07) is 2.20. The first-order valence-electron chi connectivity index (χ1n) is 6.64. The molecule has 2 aromatic heterocycles. The molecule has 6 nitrogen and oxygen atoms in total. The average molecular weight is 328 g/mol. The summed E-state index contributed by atoms with van der Waals surface area (Å²) in [7, 11) is -1.99. The van der Waals surface area contributed by atoms with Gasteiger partial charge in [0.1, 0.15) is 0 Å². The number of aromatic nitrogens is 2. The average Bonchev–Trinajstić information content (AvgIpc) is 3.06. The second kappa shape index (κ2) is 6.69. The van der Waals surface area contributed by atoms with Gasteiger partial charge in [-0.3, -0.25) is 5.10 Å². The molecule has 0 amide bonds. The van der Waals surface area contributed by atoms with Crippen molar-refractivity contribution in [3.63, 3.8) is 0 Å². The van der Waals surface area contributed by atoms with Crippen LogP contribution in [-0.2, 0) is 23.1 Å². The number of nitrogens with zero attached hydrogens (tertiary/aromatic N) is 2. The van der Waals surface area contributed by atoms with Gasteiger partial charge in [0.25, 0.3) is 10.0 Å². The van der Waals surface area contributed by atoms with E-state index in [0.29, 0.717) is 18.7 Å². The van der Waals surface area contributed by atoms with Gasteiger partial charge < -0.3 is 5.32 Å². The van der Waals surface area contributed by atoms with Crippen molar-refractivity contribution in [1.29, 1.82) is 0 Å². The van der Waals surface area contributed by atoms with Crippen LogP contribution in [-0.4, -0.2) is 36.0 Å². The zero-order chi connectivity index (χ0) is 15.5. The maximum absolute atomic E-state index is 12.6. The van der Waals surface area contributed by atoms with Gasteiger partial charge >= 0.3 is 0 Å². The molecule has 116 valence electrons. The molecule has 2 aromatic rings. The molecule has 0 atom stereocenters. The lowest BCUT2D eigenvalue weighted by Crippen LogP contribution is -2.29. The molecule has 0 aliphatic rings. The first-order chi connectivity index (χ1) is 9.91. The van der Waals surface area contributed by atoms with Crippen LogP contribution in [0.2, 0.25) is 0 Å². The summed E-state index contributed by atoms with van der Waals surface area (Å²) in [4.78, 5) is 0. The van der Waals surface area contributed by atoms with E-state index in [0.717, 1.165) is 5.56 Å². The number of thiophene rings is 1. The lowest BCUT2D eigenvalue weighted by Gasteiger charge is -2.16. The van der Waals surface area contributed by atoms with E-state index < -0.39 is 10.0 Å². The summed E-state index contributed by atoms with van der Waals surface area (Å²) >= 11 is 1.55. The second-order valence-corrected chi connectivity index (χ2v) is 7.91. The topological polar surface area (TPSA) is 78.1 Å². The molecular formula is C13H20N4O2S2. The van der Waals surface area contributed by atoms with Crippen molar-refractivity contribution in [1.82, 2.24) is 19.8 Å². The number of rotatable bonds is 7. The number of hydrogen-bond donors (Lipinski definition) is 2. The third kappa shape index (κ3) is 3.91. The quantitative estimate of drug-likeness (QED) is 0.812. The van der Waals surface area contributed by atoms with Crippen molar-refractivity contribution in [2.45, 2.75) is 38.0 Å². The van der Waals surface area contributed by atoms with E-state index in [9.17, 15) is 8.42 Å². The molecule has 0 unspecified atom stereocenters. The molecule has 0 aliphatic heterocycles. The Morgan fingerprint density at radius 3 is 2.86 bits per heavy atom. The van der Waals surface area contributed by atoms with E-state index in [1.807, 2.05) is 30.7 Å². The predicted octanol–water partition coefficient (Wildman–Crippen LogP) is 1.79. The van der Waals surface area contributed by atoms with Gasteiger partial charge in [-0.05, 0) is 22.4 Å². The van der Waals surface area contributed by atoms with Crippen LogP contribution in [0.5, 0.6) is 0 Å². The van der Waals surface area contributed by atoms with E-state index >= 15 is 0 Å². The summed E-state index contributed by atoms with van der Waals surface area (Å²) in [6.45, 7) is 4.84. The molecule has 2 heterocycles. The molecule has 0 saturated carbocycles. The van der Waals surface area contributed by atoms with Gasteiger partial charge in [0.05, 0.1) is 6.20 Å². The van der Waals surface area contributed by atoms with E-state index in [-0.39, 0.29) is 11.1 Å². The van der Waals surface area contributed by atoms with Crippen LogP contribution in [0.4, 0.5) is 0 Å². The predicted molar refractivity (Wildman–Crippen MR) is 83.5 cm³/mol. The smallest absolute Gasteiger partial charge is 0.260 e. The zero-order valence-electron chi connectivity index (χ0n) is 12.3. The van der Waals surface area contributed by atoms with Crippen molar-refractivity contribution >= 4 is 21.4 Å². The van der Waals surface area contributed by atoms with Crippen LogP contribution in [0, 0.1) is 0 Å². The van der Waals surface area contributed by atoms with Crippen LogP contribution in [0.1, 0.15) is 25.0 Å². The standard InChI is InChI=1S/C13H20N4O2S2/c1-10(2)14-6-12-7-15-16-13(12)21(18,19)17(3)8-11-4-5-20-9-11/h4-5,7,9-10,14H,6,8H2,1-3H3,(H,15,16). The maximum atomic E-state index is 12.6. The SMILES string of the molecule is CC(C)NCc1cn[nH]c1S(=O)(=O)N(C)Cc1ccsc1. The van der Waals surface area contributed by atoms with Crippen LogP contribution >= 0.6 is 11.3 Å². The normalized spacial score (nSPS) is 12.4. The van der Waals surface area contributed by atoms with Crippen LogP contribution in [0.25, 0.3) is 0 Å².